The van der Waals surface area contributed by atoms with Gasteiger partial charge >= 0.3 is 0 Å². The molecule has 0 amide bonds. The van der Waals surface area contributed by atoms with E-state index in [1.54, 1.807) is 0 Å². The van der Waals surface area contributed by atoms with Gasteiger partial charge in [0.05, 0.1) is 23.3 Å². The molecule has 1 atom stereocenters. The lowest BCUT2D eigenvalue weighted by molar-refractivity contribution is 0.298. The fourth-order valence-electron chi connectivity index (χ4n) is 2.52. The normalized spacial score (nSPS) is 12.1. The number of nitrogens with zero attached hydrogens (tertiary/aromatic N) is 2. The van der Waals surface area contributed by atoms with Crippen molar-refractivity contribution in [3.63, 3.8) is 0 Å². The predicted octanol–water partition coefficient (Wildman–Crippen LogP) is 3.62. The summed E-state index contributed by atoms with van der Waals surface area (Å²) in [7, 11) is 0. The van der Waals surface area contributed by atoms with Crippen molar-refractivity contribution in [1.82, 2.24) is 15.2 Å². The summed E-state index contributed by atoms with van der Waals surface area (Å²) in [5.74, 6) is 0.101. The van der Waals surface area contributed by atoms with Gasteiger partial charge in [-0.1, -0.05) is 62.5 Å². The predicted molar refractivity (Wildman–Crippen MR) is 101 cm³/mol. The van der Waals surface area contributed by atoms with E-state index in [1.807, 2.05) is 24.4 Å². The Hall–Kier alpha value is -1.78. The molecule has 0 spiro atoms. The number of hydrogen-bond donors (Lipinski definition) is 1. The van der Waals surface area contributed by atoms with Gasteiger partial charge in [-0.05, 0) is 37.2 Å². The molecule has 2 rings (SSSR count). The minimum absolute atomic E-state index is 0.101. The van der Waals surface area contributed by atoms with Crippen LogP contribution in [0.3, 0.4) is 0 Å². The second-order valence-corrected chi connectivity index (χ2v) is 5.94. The Morgan fingerprint density at radius 2 is 1.78 bits per heavy atom. The molecule has 0 aliphatic carbocycles. The first-order chi connectivity index (χ1) is 11.2. The summed E-state index contributed by atoms with van der Waals surface area (Å²) in [6, 6.07) is 16.5. The summed E-state index contributed by atoms with van der Waals surface area (Å²) in [6.45, 7) is 7.13. The van der Waals surface area contributed by atoms with Crippen LogP contribution in [0.5, 0.6) is 0 Å². The Labute approximate surface area is 144 Å². The van der Waals surface area contributed by atoms with Crippen LogP contribution >= 0.6 is 12.2 Å². The molecule has 4 heteroatoms. The van der Waals surface area contributed by atoms with E-state index in [4.69, 9.17) is 12.2 Å². The minimum Gasteiger partial charge on any atom is -0.366 e. The van der Waals surface area contributed by atoms with Gasteiger partial charge in [0.1, 0.15) is 0 Å². The molecule has 1 unspecified atom stereocenters. The molecule has 0 saturated carbocycles. The standard InChI is InChI=1S/C19H25N3S/c1-3-22(4-2)15-21-19(23)17(18-12-8-9-13-20-18)14-16-10-6-5-7-11-16/h5-13,17H,3-4,14-15H2,1-2H3,(H,21,23). The number of aromatic nitrogens is 1. The zero-order chi connectivity index (χ0) is 16.5. The van der Waals surface area contributed by atoms with Gasteiger partial charge in [-0.15, -0.1) is 0 Å². The second-order valence-electron chi connectivity index (χ2n) is 5.50. The lowest BCUT2D eigenvalue weighted by atomic mass is 9.95. The van der Waals surface area contributed by atoms with Gasteiger partial charge in [0.2, 0.25) is 0 Å². The van der Waals surface area contributed by atoms with Crippen LogP contribution in [-0.2, 0) is 6.42 Å². The monoisotopic (exact) mass is 327 g/mol. The van der Waals surface area contributed by atoms with Crippen molar-refractivity contribution in [2.75, 3.05) is 19.8 Å². The van der Waals surface area contributed by atoms with Gasteiger partial charge in [-0.25, -0.2) is 0 Å². The third-order valence-electron chi connectivity index (χ3n) is 4.02. The van der Waals surface area contributed by atoms with E-state index in [0.29, 0.717) is 0 Å². The van der Waals surface area contributed by atoms with E-state index < -0.39 is 0 Å². The third kappa shape index (κ3) is 5.41. The fourth-order valence-corrected chi connectivity index (χ4v) is 2.79. The maximum atomic E-state index is 5.69. The molecule has 3 nitrogen and oxygen atoms in total. The van der Waals surface area contributed by atoms with Crippen LogP contribution in [0.2, 0.25) is 0 Å². The summed E-state index contributed by atoms with van der Waals surface area (Å²) >= 11 is 5.69. The molecule has 0 saturated heterocycles. The SMILES string of the molecule is CCN(CC)CNC(=S)C(Cc1ccccc1)c1ccccn1. The van der Waals surface area contributed by atoms with E-state index in [-0.39, 0.29) is 5.92 Å². The molecule has 1 aromatic carbocycles. The van der Waals surface area contributed by atoms with Crippen LogP contribution in [-0.4, -0.2) is 34.6 Å². The molecular weight excluding hydrogens is 302 g/mol. The average Bonchev–Trinajstić information content (AvgIpc) is 2.62. The molecule has 0 radical (unpaired) electrons. The van der Waals surface area contributed by atoms with Gasteiger partial charge in [-0.2, -0.15) is 0 Å². The number of benzene rings is 1. The lowest BCUT2D eigenvalue weighted by Crippen LogP contribution is -2.39. The summed E-state index contributed by atoms with van der Waals surface area (Å²) in [5.41, 5.74) is 2.29. The highest BCUT2D eigenvalue weighted by Crippen LogP contribution is 2.20. The Morgan fingerprint density at radius 3 is 2.39 bits per heavy atom. The first kappa shape index (κ1) is 17.6. The number of pyridine rings is 1. The van der Waals surface area contributed by atoms with Gasteiger partial charge in [0.25, 0.3) is 0 Å². The number of nitrogens with one attached hydrogen (secondary N) is 1. The highest BCUT2D eigenvalue weighted by Gasteiger charge is 2.19. The molecule has 1 N–H and O–H groups in total. The molecule has 0 bridgehead atoms. The first-order valence-corrected chi connectivity index (χ1v) is 8.60. The minimum atomic E-state index is 0.101. The third-order valence-corrected chi connectivity index (χ3v) is 4.44. The number of hydrogen-bond acceptors (Lipinski definition) is 3. The molecular formula is C19H25N3S. The smallest absolute Gasteiger partial charge is 0.0858 e. The Morgan fingerprint density at radius 1 is 1.09 bits per heavy atom. The maximum Gasteiger partial charge on any atom is 0.0858 e. The molecule has 1 heterocycles. The fraction of sp³-hybridized carbons (Fsp3) is 0.368. The largest absolute Gasteiger partial charge is 0.366 e. The molecule has 1 aromatic heterocycles. The Bertz CT molecular complexity index is 582. The van der Waals surface area contributed by atoms with Gasteiger partial charge < -0.3 is 5.32 Å². The zero-order valence-corrected chi connectivity index (χ0v) is 14.7. The van der Waals surface area contributed by atoms with E-state index in [9.17, 15) is 0 Å². The van der Waals surface area contributed by atoms with E-state index in [1.165, 1.54) is 5.56 Å². The highest BCUT2D eigenvalue weighted by atomic mass is 32.1. The average molecular weight is 327 g/mol. The molecule has 0 aliphatic heterocycles. The van der Waals surface area contributed by atoms with Crippen molar-refractivity contribution in [3.8, 4) is 0 Å². The van der Waals surface area contributed by atoms with Crippen molar-refractivity contribution in [3.05, 3.63) is 66.0 Å². The molecule has 23 heavy (non-hydrogen) atoms. The van der Waals surface area contributed by atoms with Crippen molar-refractivity contribution in [2.45, 2.75) is 26.2 Å². The highest BCUT2D eigenvalue weighted by molar-refractivity contribution is 7.80. The van der Waals surface area contributed by atoms with Crippen LogP contribution in [0.4, 0.5) is 0 Å². The molecule has 122 valence electrons. The van der Waals surface area contributed by atoms with E-state index >= 15 is 0 Å². The van der Waals surface area contributed by atoms with Crippen LogP contribution in [0.15, 0.2) is 54.7 Å². The quantitative estimate of drug-likeness (QED) is 0.592. The molecule has 0 aliphatic rings. The molecule has 0 fully saturated rings. The van der Waals surface area contributed by atoms with Gasteiger partial charge in [-0.3, -0.25) is 9.88 Å². The summed E-state index contributed by atoms with van der Waals surface area (Å²) in [5, 5.41) is 3.42. The van der Waals surface area contributed by atoms with Crippen LogP contribution in [0.1, 0.15) is 31.0 Å². The van der Waals surface area contributed by atoms with Gasteiger partial charge in [0.15, 0.2) is 0 Å². The Kier molecular flexibility index (Phi) is 7.17. The van der Waals surface area contributed by atoms with Crippen molar-refractivity contribution in [1.29, 1.82) is 0 Å². The topological polar surface area (TPSA) is 28.2 Å². The van der Waals surface area contributed by atoms with Crippen LogP contribution < -0.4 is 5.32 Å². The van der Waals surface area contributed by atoms with Crippen LogP contribution in [0.25, 0.3) is 0 Å². The van der Waals surface area contributed by atoms with Gasteiger partial charge in [0, 0.05) is 6.20 Å². The molecule has 2 aromatic rings. The lowest BCUT2D eigenvalue weighted by Gasteiger charge is -2.23. The summed E-state index contributed by atoms with van der Waals surface area (Å²) in [6.07, 6.45) is 2.70. The van der Waals surface area contributed by atoms with Crippen molar-refractivity contribution in [2.24, 2.45) is 0 Å². The van der Waals surface area contributed by atoms with Crippen molar-refractivity contribution < 1.29 is 0 Å². The first-order valence-electron chi connectivity index (χ1n) is 8.19. The zero-order valence-electron chi connectivity index (χ0n) is 13.9. The van der Waals surface area contributed by atoms with Crippen LogP contribution in [0, 0.1) is 0 Å². The second kappa shape index (κ2) is 9.38. The van der Waals surface area contributed by atoms with E-state index in [0.717, 1.165) is 36.9 Å². The van der Waals surface area contributed by atoms with E-state index in [2.05, 4.69) is 59.4 Å². The maximum absolute atomic E-state index is 5.69. The number of thiocarbonyl (C=S) groups is 1. The summed E-state index contributed by atoms with van der Waals surface area (Å²) < 4.78 is 0. The summed E-state index contributed by atoms with van der Waals surface area (Å²) in [4.78, 5) is 7.69. The number of rotatable bonds is 8. The Balaban J connectivity index is 2.11. The van der Waals surface area contributed by atoms with Crippen molar-refractivity contribution >= 4 is 17.2 Å².